The molecule has 7 heteroatoms. The normalized spacial score (nSPS) is 10.4. The monoisotopic (exact) mass is 530 g/mol. The highest BCUT2D eigenvalue weighted by molar-refractivity contribution is 9.10. The van der Waals surface area contributed by atoms with Crippen LogP contribution in [0.15, 0.2) is 75.7 Å². The van der Waals surface area contributed by atoms with Gasteiger partial charge in [0, 0.05) is 20.9 Å². The maximum absolute atomic E-state index is 12.7. The lowest BCUT2D eigenvalue weighted by molar-refractivity contribution is 0.0844. The number of hydrogen-bond acceptors (Lipinski definition) is 3. The van der Waals surface area contributed by atoms with Crippen LogP contribution < -0.4 is 15.6 Å². The van der Waals surface area contributed by atoms with E-state index in [-0.39, 0.29) is 0 Å². The van der Waals surface area contributed by atoms with E-state index in [9.17, 15) is 9.59 Å². The van der Waals surface area contributed by atoms with E-state index in [2.05, 4.69) is 42.7 Å². The standard InChI is InChI=1S/C23H20Br2N2O3/c1-15-7-8-17(13-20(15)25)22(28)26-27-23(29)19-14-18(24)9-10-21(19)30-12-11-16-5-3-2-4-6-16/h2-10,13-14H,11-12H2,1H3,(H,26,28)(H,27,29). The number of hydrogen-bond donors (Lipinski definition) is 2. The first-order valence-corrected chi connectivity index (χ1v) is 10.9. The number of aryl methyl sites for hydroxylation is 1. The van der Waals surface area contributed by atoms with Crippen molar-refractivity contribution in [3.05, 3.63) is 97.9 Å². The molecule has 0 bridgehead atoms. The molecule has 30 heavy (non-hydrogen) atoms. The van der Waals surface area contributed by atoms with E-state index in [0.29, 0.717) is 23.5 Å². The molecule has 0 aliphatic carbocycles. The van der Waals surface area contributed by atoms with Gasteiger partial charge in [-0.1, -0.05) is 68.3 Å². The fourth-order valence-corrected chi connectivity index (χ4v) is 3.46. The molecule has 0 saturated heterocycles. The molecule has 154 valence electrons. The van der Waals surface area contributed by atoms with Crippen molar-refractivity contribution in [2.75, 3.05) is 6.61 Å². The Bertz CT molecular complexity index is 1060. The smallest absolute Gasteiger partial charge is 0.273 e. The summed E-state index contributed by atoms with van der Waals surface area (Å²) in [6, 6.07) is 20.4. The van der Waals surface area contributed by atoms with Gasteiger partial charge < -0.3 is 4.74 Å². The number of nitrogens with one attached hydrogen (secondary N) is 2. The Balaban J connectivity index is 1.63. The second-order valence-electron chi connectivity index (χ2n) is 6.60. The first-order valence-electron chi connectivity index (χ1n) is 9.27. The van der Waals surface area contributed by atoms with Crippen LogP contribution in [0.25, 0.3) is 0 Å². The Labute approximate surface area is 192 Å². The van der Waals surface area contributed by atoms with Crippen LogP contribution in [0.4, 0.5) is 0 Å². The molecule has 0 atom stereocenters. The quantitative estimate of drug-likeness (QED) is 0.429. The number of carbonyl (C=O) groups excluding carboxylic acids is 2. The largest absolute Gasteiger partial charge is 0.492 e. The average Bonchev–Trinajstić information content (AvgIpc) is 2.75. The molecule has 0 fully saturated rings. The van der Waals surface area contributed by atoms with Gasteiger partial charge in [-0.15, -0.1) is 0 Å². The molecule has 5 nitrogen and oxygen atoms in total. The Kier molecular flexibility index (Phi) is 7.65. The Morgan fingerprint density at radius 3 is 2.37 bits per heavy atom. The zero-order chi connectivity index (χ0) is 21.5. The fourth-order valence-electron chi connectivity index (χ4n) is 2.72. The minimum absolute atomic E-state index is 0.322. The summed E-state index contributed by atoms with van der Waals surface area (Å²) in [5, 5.41) is 0. The lowest BCUT2D eigenvalue weighted by Gasteiger charge is -2.13. The third-order valence-electron chi connectivity index (χ3n) is 4.40. The molecule has 0 aliphatic rings. The van der Waals surface area contributed by atoms with Crippen molar-refractivity contribution in [3.63, 3.8) is 0 Å². The maximum Gasteiger partial charge on any atom is 0.273 e. The van der Waals surface area contributed by atoms with Gasteiger partial charge in [0.1, 0.15) is 5.75 Å². The van der Waals surface area contributed by atoms with E-state index in [4.69, 9.17) is 4.74 Å². The van der Waals surface area contributed by atoms with Gasteiger partial charge in [0.2, 0.25) is 0 Å². The highest BCUT2D eigenvalue weighted by atomic mass is 79.9. The molecule has 2 amide bonds. The van der Waals surface area contributed by atoms with Crippen molar-refractivity contribution >= 4 is 43.7 Å². The zero-order valence-corrected chi connectivity index (χ0v) is 19.4. The minimum Gasteiger partial charge on any atom is -0.492 e. The molecular formula is C23H20Br2N2O3. The summed E-state index contributed by atoms with van der Waals surface area (Å²) in [7, 11) is 0. The van der Waals surface area contributed by atoms with Gasteiger partial charge in [-0.2, -0.15) is 0 Å². The first kappa shape index (κ1) is 22.1. The molecule has 0 saturated carbocycles. The summed E-state index contributed by atoms with van der Waals surface area (Å²) in [6.07, 6.45) is 0.719. The van der Waals surface area contributed by atoms with Gasteiger partial charge in [0.15, 0.2) is 0 Å². The summed E-state index contributed by atoms with van der Waals surface area (Å²) >= 11 is 6.77. The SMILES string of the molecule is Cc1ccc(C(=O)NNC(=O)c2cc(Br)ccc2OCCc2ccccc2)cc1Br. The van der Waals surface area contributed by atoms with Gasteiger partial charge in [-0.25, -0.2) is 0 Å². The topological polar surface area (TPSA) is 67.4 Å². The summed E-state index contributed by atoms with van der Waals surface area (Å²) in [5.41, 5.74) is 7.81. The van der Waals surface area contributed by atoms with Crippen LogP contribution in [0.1, 0.15) is 31.8 Å². The van der Waals surface area contributed by atoms with E-state index in [1.807, 2.05) is 43.3 Å². The molecule has 0 spiro atoms. The van der Waals surface area contributed by atoms with Crippen molar-refractivity contribution in [1.82, 2.24) is 10.9 Å². The van der Waals surface area contributed by atoms with E-state index < -0.39 is 11.8 Å². The molecule has 0 aliphatic heterocycles. The van der Waals surface area contributed by atoms with Gasteiger partial charge in [0.25, 0.3) is 11.8 Å². The molecule has 0 unspecified atom stereocenters. The molecule has 0 aromatic heterocycles. The lowest BCUT2D eigenvalue weighted by atomic mass is 10.1. The van der Waals surface area contributed by atoms with Crippen LogP contribution >= 0.6 is 31.9 Å². The number of ether oxygens (including phenoxy) is 1. The number of benzene rings is 3. The van der Waals surface area contributed by atoms with Crippen molar-refractivity contribution in [1.29, 1.82) is 0 Å². The van der Waals surface area contributed by atoms with E-state index in [0.717, 1.165) is 26.5 Å². The molecule has 3 aromatic carbocycles. The summed E-state index contributed by atoms with van der Waals surface area (Å²) < 4.78 is 7.39. The lowest BCUT2D eigenvalue weighted by Crippen LogP contribution is -2.41. The summed E-state index contributed by atoms with van der Waals surface area (Å²) in [5.74, 6) is -0.435. The van der Waals surface area contributed by atoms with Crippen LogP contribution in [-0.4, -0.2) is 18.4 Å². The van der Waals surface area contributed by atoms with Crippen LogP contribution in [0.3, 0.4) is 0 Å². The van der Waals surface area contributed by atoms with Gasteiger partial charge in [-0.3, -0.25) is 20.4 Å². The fraction of sp³-hybridized carbons (Fsp3) is 0.130. The third-order valence-corrected chi connectivity index (χ3v) is 5.75. The number of amides is 2. The predicted octanol–water partition coefficient (Wildman–Crippen LogP) is 5.22. The van der Waals surface area contributed by atoms with Crippen molar-refractivity contribution in [2.45, 2.75) is 13.3 Å². The Morgan fingerprint density at radius 2 is 1.63 bits per heavy atom. The first-order chi connectivity index (χ1) is 14.4. The molecule has 0 heterocycles. The summed E-state index contributed by atoms with van der Waals surface area (Å²) in [6.45, 7) is 2.36. The Morgan fingerprint density at radius 1 is 0.900 bits per heavy atom. The van der Waals surface area contributed by atoms with Crippen LogP contribution in [0, 0.1) is 6.92 Å². The molecular weight excluding hydrogens is 512 g/mol. The van der Waals surface area contributed by atoms with Crippen molar-refractivity contribution in [2.24, 2.45) is 0 Å². The summed E-state index contributed by atoms with van der Waals surface area (Å²) in [4.78, 5) is 25.0. The van der Waals surface area contributed by atoms with Crippen molar-refractivity contribution in [3.8, 4) is 5.75 Å². The highest BCUT2D eigenvalue weighted by Crippen LogP contribution is 2.23. The van der Waals surface area contributed by atoms with Gasteiger partial charge in [0.05, 0.1) is 12.2 Å². The van der Waals surface area contributed by atoms with Crippen LogP contribution in [-0.2, 0) is 6.42 Å². The number of carbonyl (C=O) groups is 2. The van der Waals surface area contributed by atoms with E-state index >= 15 is 0 Å². The molecule has 2 N–H and O–H groups in total. The maximum atomic E-state index is 12.7. The molecule has 3 aromatic rings. The molecule has 0 radical (unpaired) electrons. The van der Waals surface area contributed by atoms with Crippen molar-refractivity contribution < 1.29 is 14.3 Å². The third kappa shape index (κ3) is 5.93. The van der Waals surface area contributed by atoms with Gasteiger partial charge in [-0.05, 0) is 48.4 Å². The van der Waals surface area contributed by atoms with E-state index in [1.54, 1.807) is 30.3 Å². The predicted molar refractivity (Wildman–Crippen MR) is 124 cm³/mol. The zero-order valence-electron chi connectivity index (χ0n) is 16.2. The highest BCUT2D eigenvalue weighted by Gasteiger charge is 2.15. The number of rotatable bonds is 6. The van der Waals surface area contributed by atoms with Crippen LogP contribution in [0.2, 0.25) is 0 Å². The minimum atomic E-state index is -0.467. The van der Waals surface area contributed by atoms with E-state index in [1.165, 1.54) is 0 Å². The Hall–Kier alpha value is -2.64. The molecule has 3 rings (SSSR count). The average molecular weight is 532 g/mol. The van der Waals surface area contributed by atoms with Crippen LogP contribution in [0.5, 0.6) is 5.75 Å². The van der Waals surface area contributed by atoms with Gasteiger partial charge >= 0.3 is 0 Å². The number of hydrazine groups is 1. The second kappa shape index (κ2) is 10.4. The number of halogens is 2. The second-order valence-corrected chi connectivity index (χ2v) is 8.37.